The predicted octanol–water partition coefficient (Wildman–Crippen LogP) is 6.10. The molecule has 0 unspecified atom stereocenters. The fraction of sp³-hybridized carbons (Fsp3) is 0.233. The molecular weight excluding hydrogens is 472 g/mol. The Morgan fingerprint density at radius 3 is 1.62 bits per heavy atom. The molecule has 3 aromatic rings. The highest BCUT2D eigenvalue weighted by atomic mass is 16.5. The van der Waals surface area contributed by atoms with E-state index in [0.717, 1.165) is 37.3 Å². The first-order chi connectivity index (χ1) is 17.9. The van der Waals surface area contributed by atoms with Crippen LogP contribution in [-0.4, -0.2) is 31.1 Å². The molecule has 7 heteroatoms. The summed E-state index contributed by atoms with van der Waals surface area (Å²) in [6.45, 7) is 6.25. The maximum Gasteiger partial charge on any atom is 0.343 e. The van der Waals surface area contributed by atoms with E-state index in [-0.39, 0.29) is 0 Å². The van der Waals surface area contributed by atoms with Crippen LogP contribution in [0, 0.1) is 6.92 Å². The standard InChI is InChI=1S/C30H30O7/c1-3-28(31)35-21-7-5-4-6-20-34-25-14-12-24(13-15-25)30(33)37-27-18-16-26(17-19-27)36-29(32)23-10-8-22(2)9-11-23/h3,8-19H,1,4-7,20-21H2,2H3. The molecule has 0 saturated heterocycles. The first kappa shape index (κ1) is 27.2. The molecule has 0 bridgehead atoms. The number of ether oxygens (including phenoxy) is 4. The molecule has 0 spiro atoms. The van der Waals surface area contributed by atoms with Gasteiger partial charge < -0.3 is 18.9 Å². The summed E-state index contributed by atoms with van der Waals surface area (Å²) < 4.78 is 21.4. The number of carbonyl (C=O) groups is 3. The van der Waals surface area contributed by atoms with Gasteiger partial charge in [-0.2, -0.15) is 0 Å². The highest BCUT2D eigenvalue weighted by Gasteiger charge is 2.11. The summed E-state index contributed by atoms with van der Waals surface area (Å²) in [5.74, 6) is -0.0175. The number of rotatable bonds is 13. The van der Waals surface area contributed by atoms with Crippen LogP contribution >= 0.6 is 0 Å². The van der Waals surface area contributed by atoms with E-state index >= 15 is 0 Å². The lowest BCUT2D eigenvalue weighted by Gasteiger charge is -2.09. The molecule has 0 aliphatic carbocycles. The maximum absolute atomic E-state index is 12.5. The van der Waals surface area contributed by atoms with Gasteiger partial charge in [-0.05, 0) is 93.3 Å². The van der Waals surface area contributed by atoms with E-state index in [4.69, 9.17) is 18.9 Å². The second kappa shape index (κ2) is 14.2. The average molecular weight is 503 g/mol. The van der Waals surface area contributed by atoms with E-state index in [9.17, 15) is 14.4 Å². The van der Waals surface area contributed by atoms with Crippen LogP contribution in [0.25, 0.3) is 0 Å². The summed E-state index contributed by atoms with van der Waals surface area (Å²) in [6, 6.07) is 20.1. The van der Waals surface area contributed by atoms with Crippen molar-refractivity contribution in [3.63, 3.8) is 0 Å². The summed E-state index contributed by atoms with van der Waals surface area (Å²) in [5, 5.41) is 0. The molecule has 3 aromatic carbocycles. The Balaban J connectivity index is 1.38. The Morgan fingerprint density at radius 2 is 1.11 bits per heavy atom. The zero-order valence-corrected chi connectivity index (χ0v) is 20.8. The monoisotopic (exact) mass is 502 g/mol. The van der Waals surface area contributed by atoms with E-state index in [1.165, 1.54) is 0 Å². The summed E-state index contributed by atoms with van der Waals surface area (Å²) in [4.78, 5) is 35.6. The largest absolute Gasteiger partial charge is 0.494 e. The van der Waals surface area contributed by atoms with Crippen LogP contribution in [0.1, 0.15) is 52.0 Å². The SMILES string of the molecule is C=CC(=O)OCCCCCCOc1ccc(C(=O)Oc2ccc(OC(=O)c3ccc(C)cc3)cc2)cc1. The molecule has 0 saturated carbocycles. The van der Waals surface area contributed by atoms with Crippen molar-refractivity contribution < 1.29 is 33.3 Å². The second-order valence-corrected chi connectivity index (χ2v) is 8.28. The third-order valence-corrected chi connectivity index (χ3v) is 5.34. The molecule has 0 amide bonds. The van der Waals surface area contributed by atoms with E-state index in [0.29, 0.717) is 41.6 Å². The molecule has 192 valence electrons. The molecule has 0 fully saturated rings. The summed E-state index contributed by atoms with van der Waals surface area (Å²) in [6.07, 6.45) is 4.73. The first-order valence-electron chi connectivity index (χ1n) is 12.1. The number of esters is 3. The van der Waals surface area contributed by atoms with Gasteiger partial charge in [-0.3, -0.25) is 0 Å². The van der Waals surface area contributed by atoms with E-state index in [1.807, 2.05) is 19.1 Å². The molecule has 0 aliphatic rings. The fourth-order valence-electron chi connectivity index (χ4n) is 3.26. The van der Waals surface area contributed by atoms with Crippen LogP contribution < -0.4 is 14.2 Å². The first-order valence-corrected chi connectivity index (χ1v) is 12.1. The maximum atomic E-state index is 12.5. The molecule has 7 nitrogen and oxygen atoms in total. The van der Waals surface area contributed by atoms with Crippen molar-refractivity contribution in [2.75, 3.05) is 13.2 Å². The molecule has 0 aromatic heterocycles. The highest BCUT2D eigenvalue weighted by Crippen LogP contribution is 2.21. The number of unbranched alkanes of at least 4 members (excludes halogenated alkanes) is 3. The lowest BCUT2D eigenvalue weighted by molar-refractivity contribution is -0.137. The molecule has 0 N–H and O–H groups in total. The van der Waals surface area contributed by atoms with Crippen LogP contribution in [0.5, 0.6) is 17.2 Å². The minimum Gasteiger partial charge on any atom is -0.494 e. The zero-order valence-electron chi connectivity index (χ0n) is 20.8. The third-order valence-electron chi connectivity index (χ3n) is 5.34. The van der Waals surface area contributed by atoms with Gasteiger partial charge in [0, 0.05) is 6.08 Å². The van der Waals surface area contributed by atoms with Crippen molar-refractivity contribution in [3.8, 4) is 17.2 Å². The van der Waals surface area contributed by atoms with E-state index in [2.05, 4.69) is 6.58 Å². The summed E-state index contributed by atoms with van der Waals surface area (Å²) in [5.41, 5.74) is 1.90. The topological polar surface area (TPSA) is 88.1 Å². The predicted molar refractivity (Wildman–Crippen MR) is 139 cm³/mol. The Kier molecular flexibility index (Phi) is 10.5. The van der Waals surface area contributed by atoms with Crippen molar-refractivity contribution >= 4 is 17.9 Å². The fourth-order valence-corrected chi connectivity index (χ4v) is 3.26. The molecule has 3 rings (SSSR count). The zero-order chi connectivity index (χ0) is 26.5. The average Bonchev–Trinajstić information content (AvgIpc) is 2.91. The smallest absolute Gasteiger partial charge is 0.343 e. The second-order valence-electron chi connectivity index (χ2n) is 8.28. The quantitative estimate of drug-likeness (QED) is 0.121. The highest BCUT2D eigenvalue weighted by molar-refractivity contribution is 5.92. The van der Waals surface area contributed by atoms with Crippen LogP contribution in [0.4, 0.5) is 0 Å². The Bertz CT molecular complexity index is 1180. The van der Waals surface area contributed by atoms with Crippen molar-refractivity contribution in [2.24, 2.45) is 0 Å². The van der Waals surface area contributed by atoms with Gasteiger partial charge in [0.25, 0.3) is 0 Å². The van der Waals surface area contributed by atoms with E-state index < -0.39 is 17.9 Å². The van der Waals surface area contributed by atoms with Crippen LogP contribution in [0.15, 0.2) is 85.5 Å². The number of hydrogen-bond donors (Lipinski definition) is 0. The lowest BCUT2D eigenvalue weighted by Crippen LogP contribution is -2.09. The van der Waals surface area contributed by atoms with Crippen LogP contribution in [0.2, 0.25) is 0 Å². The molecule has 0 heterocycles. The number of carbonyl (C=O) groups excluding carboxylic acids is 3. The van der Waals surface area contributed by atoms with Gasteiger partial charge in [0.05, 0.1) is 24.3 Å². The third kappa shape index (κ3) is 9.29. The van der Waals surface area contributed by atoms with Gasteiger partial charge in [-0.1, -0.05) is 24.3 Å². The molecule has 0 atom stereocenters. The van der Waals surface area contributed by atoms with Crippen molar-refractivity contribution in [1.29, 1.82) is 0 Å². The number of hydrogen-bond acceptors (Lipinski definition) is 7. The minimum absolute atomic E-state index is 0.333. The molecule has 0 radical (unpaired) electrons. The molecule has 0 aliphatic heterocycles. The number of benzene rings is 3. The lowest BCUT2D eigenvalue weighted by atomic mass is 10.1. The normalized spacial score (nSPS) is 10.3. The van der Waals surface area contributed by atoms with Crippen molar-refractivity contribution in [3.05, 3.63) is 102 Å². The van der Waals surface area contributed by atoms with Crippen molar-refractivity contribution in [1.82, 2.24) is 0 Å². The summed E-state index contributed by atoms with van der Waals surface area (Å²) in [7, 11) is 0. The molecular formula is C30H30O7. The minimum atomic E-state index is -0.506. The van der Waals surface area contributed by atoms with E-state index in [1.54, 1.807) is 60.7 Å². The van der Waals surface area contributed by atoms with Gasteiger partial charge in [0.1, 0.15) is 17.2 Å². The Labute approximate surface area is 216 Å². The van der Waals surface area contributed by atoms with Gasteiger partial charge >= 0.3 is 17.9 Å². The Morgan fingerprint density at radius 1 is 0.649 bits per heavy atom. The van der Waals surface area contributed by atoms with Gasteiger partial charge in [0.2, 0.25) is 0 Å². The van der Waals surface area contributed by atoms with Gasteiger partial charge in [-0.25, -0.2) is 14.4 Å². The summed E-state index contributed by atoms with van der Waals surface area (Å²) >= 11 is 0. The van der Waals surface area contributed by atoms with Crippen molar-refractivity contribution in [2.45, 2.75) is 32.6 Å². The Hall–Kier alpha value is -4.39. The van der Waals surface area contributed by atoms with Crippen LogP contribution in [-0.2, 0) is 9.53 Å². The van der Waals surface area contributed by atoms with Crippen LogP contribution in [0.3, 0.4) is 0 Å². The van der Waals surface area contributed by atoms with Gasteiger partial charge in [0.15, 0.2) is 0 Å². The molecule has 37 heavy (non-hydrogen) atoms. The number of aryl methyl sites for hydroxylation is 1. The van der Waals surface area contributed by atoms with Gasteiger partial charge in [-0.15, -0.1) is 0 Å².